The first-order valence-corrected chi connectivity index (χ1v) is 7.39. The molecule has 2 N–H and O–H groups in total. The van der Waals surface area contributed by atoms with E-state index in [9.17, 15) is 9.59 Å². The highest BCUT2D eigenvalue weighted by Crippen LogP contribution is 2.19. The molecule has 2 amide bonds. The van der Waals surface area contributed by atoms with Crippen LogP contribution in [0.1, 0.15) is 18.4 Å². The summed E-state index contributed by atoms with van der Waals surface area (Å²) in [5.41, 5.74) is 1.09. The number of carbonyl (C=O) groups is 2. The van der Waals surface area contributed by atoms with Gasteiger partial charge in [-0.15, -0.1) is 0 Å². The highest BCUT2D eigenvalue weighted by molar-refractivity contribution is 7.07. The van der Waals surface area contributed by atoms with Gasteiger partial charge < -0.3 is 20.1 Å². The molecule has 6 nitrogen and oxygen atoms in total. The highest BCUT2D eigenvalue weighted by Gasteiger charge is 2.30. The Kier molecular flexibility index (Phi) is 4.97. The number of urea groups is 1. The average molecular weight is 298 g/mol. The molecule has 1 saturated heterocycles. The van der Waals surface area contributed by atoms with Crippen LogP contribution in [0.5, 0.6) is 0 Å². The normalized spacial score (nSPS) is 21.6. The van der Waals surface area contributed by atoms with Gasteiger partial charge in [0.05, 0.1) is 6.10 Å². The van der Waals surface area contributed by atoms with Crippen molar-refractivity contribution in [1.29, 1.82) is 0 Å². The van der Waals surface area contributed by atoms with Gasteiger partial charge in [0.15, 0.2) is 6.10 Å². The summed E-state index contributed by atoms with van der Waals surface area (Å²) in [5.74, 6) is -0.937. The lowest BCUT2D eigenvalue weighted by molar-refractivity contribution is -0.149. The molecule has 0 spiro atoms. The maximum atomic E-state index is 11.9. The van der Waals surface area contributed by atoms with E-state index in [1.165, 1.54) is 0 Å². The largest absolute Gasteiger partial charge is 0.479 e. The molecule has 7 heteroatoms. The van der Waals surface area contributed by atoms with Crippen molar-refractivity contribution < 1.29 is 19.4 Å². The van der Waals surface area contributed by atoms with Gasteiger partial charge in [0.1, 0.15) is 0 Å². The first-order chi connectivity index (χ1) is 9.56. The summed E-state index contributed by atoms with van der Waals surface area (Å²) in [5, 5.41) is 15.6. The molecule has 2 unspecified atom stereocenters. The molecule has 110 valence electrons. The van der Waals surface area contributed by atoms with Crippen LogP contribution in [0.2, 0.25) is 0 Å². The van der Waals surface area contributed by atoms with Crippen LogP contribution in [0.4, 0.5) is 4.79 Å². The first-order valence-electron chi connectivity index (χ1n) is 6.44. The molecule has 2 rings (SSSR count). The number of carboxylic acids is 1. The Morgan fingerprint density at radius 3 is 2.95 bits per heavy atom. The number of carbonyl (C=O) groups excluding carboxylic acids is 1. The third kappa shape index (κ3) is 3.94. The van der Waals surface area contributed by atoms with Gasteiger partial charge >= 0.3 is 12.0 Å². The Morgan fingerprint density at radius 1 is 1.55 bits per heavy atom. The zero-order chi connectivity index (χ0) is 14.5. The summed E-state index contributed by atoms with van der Waals surface area (Å²) in [6.45, 7) is 0.898. The third-order valence-electron chi connectivity index (χ3n) is 3.21. The quantitative estimate of drug-likeness (QED) is 0.864. The van der Waals surface area contributed by atoms with Gasteiger partial charge in [0, 0.05) is 20.1 Å². The number of nitrogens with one attached hydrogen (secondary N) is 1. The van der Waals surface area contributed by atoms with E-state index in [1.54, 1.807) is 23.3 Å². The molecule has 1 aliphatic heterocycles. The molecule has 0 aromatic carbocycles. The standard InChI is InChI=1S/C13H18N2O4S/c1-15(7-9-4-5-20-8-9)13(18)14-6-10-2-3-11(19-10)12(16)17/h4-5,8,10-11H,2-3,6-7H2,1H3,(H,14,18)(H,16,17). The Hall–Kier alpha value is -1.60. The minimum absolute atomic E-state index is 0.182. The highest BCUT2D eigenvalue weighted by atomic mass is 32.1. The van der Waals surface area contributed by atoms with Crippen LogP contribution in [0.25, 0.3) is 0 Å². The second kappa shape index (κ2) is 6.71. The van der Waals surface area contributed by atoms with Gasteiger partial charge in [-0.25, -0.2) is 9.59 Å². The number of thiophene rings is 1. The SMILES string of the molecule is CN(Cc1ccsc1)C(=O)NCC1CCC(C(=O)O)O1. The average Bonchev–Trinajstić information content (AvgIpc) is 3.06. The van der Waals surface area contributed by atoms with Gasteiger partial charge in [-0.3, -0.25) is 0 Å². The van der Waals surface area contributed by atoms with Crippen LogP contribution in [0, 0.1) is 0 Å². The Balaban J connectivity index is 1.71. The smallest absolute Gasteiger partial charge is 0.332 e. The van der Waals surface area contributed by atoms with E-state index in [0.29, 0.717) is 25.9 Å². The van der Waals surface area contributed by atoms with E-state index in [0.717, 1.165) is 5.56 Å². The fraction of sp³-hybridized carbons (Fsp3) is 0.538. The van der Waals surface area contributed by atoms with Crippen LogP contribution in [-0.4, -0.2) is 47.8 Å². The van der Waals surface area contributed by atoms with Crippen LogP contribution < -0.4 is 5.32 Å². The number of aliphatic carboxylic acids is 1. The molecule has 0 radical (unpaired) electrons. The van der Waals surface area contributed by atoms with Crippen LogP contribution in [-0.2, 0) is 16.1 Å². The van der Waals surface area contributed by atoms with Crippen molar-refractivity contribution in [1.82, 2.24) is 10.2 Å². The summed E-state index contributed by atoms with van der Waals surface area (Å²) >= 11 is 1.60. The van der Waals surface area contributed by atoms with Crippen molar-refractivity contribution in [2.45, 2.75) is 31.6 Å². The number of hydrogen-bond acceptors (Lipinski definition) is 4. The van der Waals surface area contributed by atoms with E-state index in [4.69, 9.17) is 9.84 Å². The topological polar surface area (TPSA) is 78.9 Å². The monoisotopic (exact) mass is 298 g/mol. The molecule has 1 fully saturated rings. The van der Waals surface area contributed by atoms with Crippen molar-refractivity contribution in [3.8, 4) is 0 Å². The second-order valence-electron chi connectivity index (χ2n) is 4.84. The van der Waals surface area contributed by atoms with E-state index >= 15 is 0 Å². The third-order valence-corrected chi connectivity index (χ3v) is 3.94. The van der Waals surface area contributed by atoms with Crippen LogP contribution in [0.3, 0.4) is 0 Å². The van der Waals surface area contributed by atoms with Crippen molar-refractivity contribution >= 4 is 23.3 Å². The van der Waals surface area contributed by atoms with Gasteiger partial charge in [-0.05, 0) is 35.2 Å². The fourth-order valence-corrected chi connectivity index (χ4v) is 2.76. The van der Waals surface area contributed by atoms with Crippen LogP contribution in [0.15, 0.2) is 16.8 Å². The number of ether oxygens (including phenoxy) is 1. The molecule has 0 bridgehead atoms. The molecule has 0 aliphatic carbocycles. The fourth-order valence-electron chi connectivity index (χ4n) is 2.10. The number of carboxylic acid groups (broad SMARTS) is 1. The van der Waals surface area contributed by atoms with Gasteiger partial charge in [-0.2, -0.15) is 11.3 Å². The lowest BCUT2D eigenvalue weighted by Gasteiger charge is -2.19. The zero-order valence-corrected chi connectivity index (χ0v) is 12.1. The number of rotatable bonds is 5. The minimum Gasteiger partial charge on any atom is -0.479 e. The summed E-state index contributed by atoms with van der Waals surface area (Å²) in [6.07, 6.45) is 0.210. The summed E-state index contributed by atoms with van der Waals surface area (Å²) in [4.78, 5) is 24.2. The summed E-state index contributed by atoms with van der Waals surface area (Å²) in [7, 11) is 1.72. The van der Waals surface area contributed by atoms with E-state index < -0.39 is 12.1 Å². The predicted octanol–water partition coefficient (Wildman–Crippen LogP) is 1.52. The number of hydrogen-bond donors (Lipinski definition) is 2. The van der Waals surface area contributed by atoms with Gasteiger partial charge in [0.25, 0.3) is 0 Å². The van der Waals surface area contributed by atoms with Gasteiger partial charge in [0.2, 0.25) is 0 Å². The molecular formula is C13H18N2O4S. The first kappa shape index (κ1) is 14.8. The molecule has 2 heterocycles. The summed E-state index contributed by atoms with van der Waals surface area (Å²) in [6, 6.07) is 1.80. The van der Waals surface area contributed by atoms with E-state index in [2.05, 4.69) is 5.32 Å². The Bertz CT molecular complexity index is 463. The van der Waals surface area contributed by atoms with E-state index in [-0.39, 0.29) is 12.1 Å². The van der Waals surface area contributed by atoms with Gasteiger partial charge in [-0.1, -0.05) is 0 Å². The van der Waals surface area contributed by atoms with Crippen molar-refractivity contribution in [2.24, 2.45) is 0 Å². The number of nitrogens with zero attached hydrogens (tertiary/aromatic N) is 1. The minimum atomic E-state index is -0.937. The zero-order valence-electron chi connectivity index (χ0n) is 11.2. The molecule has 1 aromatic rings. The maximum Gasteiger partial charge on any atom is 0.332 e. The lowest BCUT2D eigenvalue weighted by atomic mass is 10.2. The molecule has 20 heavy (non-hydrogen) atoms. The lowest BCUT2D eigenvalue weighted by Crippen LogP contribution is -2.40. The molecule has 1 aliphatic rings. The summed E-state index contributed by atoms with van der Waals surface area (Å²) < 4.78 is 5.33. The predicted molar refractivity (Wildman–Crippen MR) is 74.7 cm³/mol. The molecule has 2 atom stereocenters. The Morgan fingerprint density at radius 2 is 2.35 bits per heavy atom. The Labute approximate surface area is 121 Å². The molecule has 0 saturated carbocycles. The maximum absolute atomic E-state index is 11.9. The molecule has 1 aromatic heterocycles. The number of amides is 2. The van der Waals surface area contributed by atoms with E-state index in [1.807, 2.05) is 16.8 Å². The second-order valence-corrected chi connectivity index (χ2v) is 5.62. The van der Waals surface area contributed by atoms with Crippen molar-refractivity contribution in [3.63, 3.8) is 0 Å². The van der Waals surface area contributed by atoms with Crippen LogP contribution >= 0.6 is 11.3 Å². The van der Waals surface area contributed by atoms with Crippen molar-refractivity contribution in [2.75, 3.05) is 13.6 Å². The van der Waals surface area contributed by atoms with Crippen molar-refractivity contribution in [3.05, 3.63) is 22.4 Å². The molecular weight excluding hydrogens is 280 g/mol.